The predicted octanol–water partition coefficient (Wildman–Crippen LogP) is 0.177. The van der Waals surface area contributed by atoms with Gasteiger partial charge in [0, 0.05) is 36.3 Å². The van der Waals surface area contributed by atoms with Crippen molar-refractivity contribution < 1.29 is 28.5 Å². The highest BCUT2D eigenvalue weighted by molar-refractivity contribution is 5.91. The first kappa shape index (κ1) is 14.8. The second kappa shape index (κ2) is 6.22. The molecule has 2 aromatic heterocycles. The van der Waals surface area contributed by atoms with Crippen molar-refractivity contribution in [2.45, 2.75) is 0 Å². The third-order valence-corrected chi connectivity index (χ3v) is 3.39. The van der Waals surface area contributed by atoms with E-state index in [0.29, 0.717) is 0 Å². The number of hydrogen-bond acceptors (Lipinski definition) is 0. The van der Waals surface area contributed by atoms with Crippen LogP contribution in [-0.2, 0) is 14.1 Å². The summed E-state index contributed by atoms with van der Waals surface area (Å²) in [4.78, 5) is 0. The molecule has 0 saturated carbocycles. The summed E-state index contributed by atoms with van der Waals surface area (Å²) in [5.41, 5.74) is 3.74. The van der Waals surface area contributed by atoms with Gasteiger partial charge in [0.15, 0.2) is 12.4 Å². The van der Waals surface area contributed by atoms with E-state index in [2.05, 4.69) is 78.8 Å². The van der Waals surface area contributed by atoms with Gasteiger partial charge in [-0.25, -0.2) is 4.57 Å². The fourth-order valence-electron chi connectivity index (χ4n) is 2.32. The number of nitrogens with zero attached hydrogens (tertiary/aromatic N) is 2. The summed E-state index contributed by atoms with van der Waals surface area (Å²) in [5, 5.41) is 1.29. The second-order valence-electron chi connectivity index (χ2n) is 4.84. The number of hydrogen-bond donors (Lipinski definition) is 0. The van der Waals surface area contributed by atoms with Crippen LogP contribution in [0.2, 0.25) is 0 Å². The molecule has 1 aromatic carbocycles. The zero-order valence-corrected chi connectivity index (χ0v) is 13.8. The Morgan fingerprint density at radius 2 is 1.70 bits per heavy atom. The summed E-state index contributed by atoms with van der Waals surface area (Å²) >= 11 is 0. The molecule has 0 aliphatic carbocycles. The molecule has 0 aliphatic rings. The van der Waals surface area contributed by atoms with Crippen molar-refractivity contribution in [2.75, 3.05) is 0 Å². The van der Waals surface area contributed by atoms with Crippen LogP contribution in [0, 0.1) is 0 Å². The van der Waals surface area contributed by atoms with E-state index in [9.17, 15) is 0 Å². The van der Waals surface area contributed by atoms with Gasteiger partial charge >= 0.3 is 0 Å². The van der Waals surface area contributed by atoms with Crippen molar-refractivity contribution in [2.24, 2.45) is 14.1 Å². The van der Waals surface area contributed by atoms with Crippen LogP contribution in [-0.4, -0.2) is 4.57 Å². The lowest BCUT2D eigenvalue weighted by atomic mass is 10.1. The minimum absolute atomic E-state index is 0. The van der Waals surface area contributed by atoms with Gasteiger partial charge in [0.1, 0.15) is 7.05 Å². The molecule has 0 bridgehead atoms. The maximum atomic E-state index is 2.18. The highest BCUT2D eigenvalue weighted by Gasteiger charge is 2.02. The van der Waals surface area contributed by atoms with Gasteiger partial charge in [0.2, 0.25) is 0 Å². The average Bonchev–Trinajstić information content (AvgIpc) is 2.76. The van der Waals surface area contributed by atoms with E-state index in [1.807, 2.05) is 11.6 Å². The number of aromatic nitrogens is 2. The molecule has 20 heavy (non-hydrogen) atoms. The van der Waals surface area contributed by atoms with Crippen LogP contribution in [0.3, 0.4) is 0 Å². The number of pyridine rings is 1. The number of rotatable bonds is 2. The van der Waals surface area contributed by atoms with E-state index in [1.54, 1.807) is 0 Å². The lowest BCUT2D eigenvalue weighted by Gasteiger charge is -1.93. The Morgan fingerprint density at radius 1 is 1.00 bits per heavy atom. The molecule has 0 N–H and O–H groups in total. The smallest absolute Gasteiger partial charge is 0.169 e. The number of fused-ring (bicyclic) bond motifs is 1. The average molecular weight is 376 g/mol. The third kappa shape index (κ3) is 2.93. The lowest BCUT2D eigenvalue weighted by Crippen LogP contribution is -3.00. The fraction of sp³-hybridized carbons (Fsp3) is 0.118. The van der Waals surface area contributed by atoms with Gasteiger partial charge in [-0.15, -0.1) is 0 Å². The van der Waals surface area contributed by atoms with Crippen molar-refractivity contribution in [1.29, 1.82) is 0 Å². The zero-order valence-electron chi connectivity index (χ0n) is 11.6. The zero-order chi connectivity index (χ0) is 13.2. The minimum Gasteiger partial charge on any atom is -1.00 e. The maximum Gasteiger partial charge on any atom is 0.169 e. The SMILES string of the molecule is Cn1cc(/C=C/c2cc[n+](C)cc2)c2ccccc21.[I-]. The summed E-state index contributed by atoms with van der Waals surface area (Å²) in [6, 6.07) is 12.7. The van der Waals surface area contributed by atoms with Crippen LogP contribution in [0.5, 0.6) is 0 Å². The molecule has 0 atom stereocenters. The third-order valence-electron chi connectivity index (χ3n) is 3.39. The molecule has 0 aliphatic heterocycles. The highest BCUT2D eigenvalue weighted by atomic mass is 127. The van der Waals surface area contributed by atoms with E-state index in [0.717, 1.165) is 0 Å². The molecule has 3 rings (SSSR count). The van der Waals surface area contributed by atoms with Crippen molar-refractivity contribution in [1.82, 2.24) is 4.57 Å². The Balaban J connectivity index is 0.00000147. The molecule has 0 amide bonds. The van der Waals surface area contributed by atoms with Gasteiger partial charge < -0.3 is 28.5 Å². The Morgan fingerprint density at radius 3 is 2.45 bits per heavy atom. The summed E-state index contributed by atoms with van der Waals surface area (Å²) in [6.07, 6.45) is 10.6. The molecule has 0 spiro atoms. The lowest BCUT2D eigenvalue weighted by molar-refractivity contribution is -0.671. The van der Waals surface area contributed by atoms with E-state index in [1.165, 1.54) is 22.0 Å². The van der Waals surface area contributed by atoms with Crippen LogP contribution in [0.25, 0.3) is 23.1 Å². The largest absolute Gasteiger partial charge is 1.00 e. The van der Waals surface area contributed by atoms with Gasteiger partial charge in [-0.3, -0.25) is 0 Å². The normalized spacial score (nSPS) is 10.9. The number of halogens is 1. The van der Waals surface area contributed by atoms with Crippen molar-refractivity contribution in [3.8, 4) is 0 Å². The molecule has 0 unspecified atom stereocenters. The van der Waals surface area contributed by atoms with Gasteiger partial charge in [-0.1, -0.05) is 30.4 Å². The molecule has 0 radical (unpaired) electrons. The molecular formula is C17H17IN2. The van der Waals surface area contributed by atoms with Crippen LogP contribution < -0.4 is 28.5 Å². The topological polar surface area (TPSA) is 8.81 Å². The number of benzene rings is 1. The van der Waals surface area contributed by atoms with Gasteiger partial charge in [0.05, 0.1) is 0 Å². The number of para-hydroxylation sites is 1. The Hall–Kier alpha value is -1.62. The summed E-state index contributed by atoms with van der Waals surface area (Å²) in [5.74, 6) is 0. The van der Waals surface area contributed by atoms with E-state index in [-0.39, 0.29) is 24.0 Å². The Kier molecular flexibility index (Phi) is 4.60. The Labute approximate surface area is 136 Å². The second-order valence-corrected chi connectivity index (χ2v) is 4.84. The molecule has 2 heterocycles. The monoisotopic (exact) mass is 376 g/mol. The fourth-order valence-corrected chi connectivity index (χ4v) is 2.32. The van der Waals surface area contributed by atoms with Crippen LogP contribution in [0.1, 0.15) is 11.1 Å². The van der Waals surface area contributed by atoms with Gasteiger partial charge in [-0.05, 0) is 17.2 Å². The molecule has 3 aromatic rings. The van der Waals surface area contributed by atoms with Crippen molar-refractivity contribution in [3.63, 3.8) is 0 Å². The van der Waals surface area contributed by atoms with Gasteiger partial charge in [0.25, 0.3) is 0 Å². The first-order valence-corrected chi connectivity index (χ1v) is 6.41. The predicted molar refractivity (Wildman–Crippen MR) is 79.5 cm³/mol. The first-order chi connectivity index (χ1) is 9.24. The summed E-state index contributed by atoms with van der Waals surface area (Å²) in [6.45, 7) is 0. The number of aryl methyl sites for hydroxylation is 2. The maximum absolute atomic E-state index is 2.18. The van der Waals surface area contributed by atoms with E-state index in [4.69, 9.17) is 0 Å². The minimum atomic E-state index is 0. The molecule has 2 nitrogen and oxygen atoms in total. The quantitative estimate of drug-likeness (QED) is 0.446. The van der Waals surface area contributed by atoms with E-state index >= 15 is 0 Å². The van der Waals surface area contributed by atoms with Crippen LogP contribution in [0.15, 0.2) is 55.0 Å². The van der Waals surface area contributed by atoms with Crippen molar-refractivity contribution in [3.05, 3.63) is 66.1 Å². The summed E-state index contributed by atoms with van der Waals surface area (Å²) < 4.78 is 4.20. The van der Waals surface area contributed by atoms with Crippen LogP contribution in [0.4, 0.5) is 0 Å². The van der Waals surface area contributed by atoms with E-state index < -0.39 is 0 Å². The Bertz CT molecular complexity index is 739. The highest BCUT2D eigenvalue weighted by Crippen LogP contribution is 2.22. The van der Waals surface area contributed by atoms with Crippen molar-refractivity contribution >= 4 is 23.1 Å². The molecule has 0 fully saturated rings. The van der Waals surface area contributed by atoms with Crippen LogP contribution >= 0.6 is 0 Å². The molecule has 102 valence electrons. The first-order valence-electron chi connectivity index (χ1n) is 6.41. The van der Waals surface area contributed by atoms with Gasteiger partial charge in [-0.2, -0.15) is 0 Å². The molecule has 0 saturated heterocycles. The molecule has 3 heteroatoms. The standard InChI is InChI=1S/C17H17N2.HI/c1-18-11-9-14(10-12-18)7-8-15-13-19(2)17-6-4-3-5-16(15)17;/h3-13H,1-2H3;1H/q+1;/p-1. The summed E-state index contributed by atoms with van der Waals surface area (Å²) in [7, 11) is 4.11. The molecular weight excluding hydrogens is 359 g/mol.